The first-order valence-corrected chi connectivity index (χ1v) is 7.28. The van der Waals surface area contributed by atoms with E-state index in [0.29, 0.717) is 19.3 Å². The summed E-state index contributed by atoms with van der Waals surface area (Å²) in [7, 11) is 0. The molecule has 1 fully saturated rings. The third-order valence-electron chi connectivity index (χ3n) is 4.29. The van der Waals surface area contributed by atoms with Crippen LogP contribution in [0, 0.1) is 11.3 Å². The predicted molar refractivity (Wildman–Crippen MR) is 67.0 cm³/mol. The Morgan fingerprint density at radius 3 is 1.91 bits per heavy atom. The van der Waals surface area contributed by atoms with Gasteiger partial charge >= 0.3 is 18.3 Å². The van der Waals surface area contributed by atoms with Crippen molar-refractivity contribution in [3.05, 3.63) is 0 Å². The highest BCUT2D eigenvalue weighted by Gasteiger charge is 2.73. The van der Waals surface area contributed by atoms with Crippen molar-refractivity contribution in [2.24, 2.45) is 11.3 Å². The van der Waals surface area contributed by atoms with Crippen LogP contribution in [0.15, 0.2) is 0 Å². The molecule has 0 aromatic heterocycles. The van der Waals surface area contributed by atoms with Crippen LogP contribution >= 0.6 is 0 Å². The highest BCUT2D eigenvalue weighted by molar-refractivity contribution is 5.69. The molecule has 0 amide bonds. The molecule has 22 heavy (non-hydrogen) atoms. The van der Waals surface area contributed by atoms with Crippen LogP contribution in [0.5, 0.6) is 0 Å². The summed E-state index contributed by atoms with van der Waals surface area (Å²) in [6, 6.07) is 0. The van der Waals surface area contributed by atoms with Crippen LogP contribution in [0.2, 0.25) is 0 Å². The van der Waals surface area contributed by atoms with Crippen molar-refractivity contribution < 1.29 is 35.9 Å². The van der Waals surface area contributed by atoms with Gasteiger partial charge in [0.15, 0.2) is 5.41 Å². The Balaban J connectivity index is 3.22. The maximum Gasteiger partial charge on any atom is 0.406 e. The van der Waals surface area contributed by atoms with E-state index in [2.05, 4.69) is 0 Å². The van der Waals surface area contributed by atoms with Crippen LogP contribution in [-0.4, -0.2) is 24.4 Å². The maximum atomic E-state index is 13.2. The lowest BCUT2D eigenvalue weighted by atomic mass is 9.75. The lowest BCUT2D eigenvalue weighted by Gasteiger charge is -2.42. The van der Waals surface area contributed by atoms with E-state index >= 15 is 0 Å². The third-order valence-corrected chi connectivity index (χ3v) is 4.29. The Morgan fingerprint density at radius 2 is 1.55 bits per heavy atom. The third kappa shape index (κ3) is 3.68. The van der Waals surface area contributed by atoms with E-state index in [1.807, 2.05) is 0 Å². The smallest absolute Gasteiger partial charge is 0.406 e. The molecule has 1 saturated carbocycles. The summed E-state index contributed by atoms with van der Waals surface area (Å²) in [5.74, 6) is -1.94. The summed E-state index contributed by atoms with van der Waals surface area (Å²) in [6.07, 6.45) is -11.8. The zero-order valence-electron chi connectivity index (χ0n) is 12.5. The van der Waals surface area contributed by atoms with E-state index in [-0.39, 0.29) is 26.2 Å². The summed E-state index contributed by atoms with van der Waals surface area (Å²) in [5, 5.41) is 0. The number of ether oxygens (including phenoxy) is 1. The molecule has 0 saturated heterocycles. The Labute approximate surface area is 125 Å². The molecule has 1 unspecified atom stereocenters. The molecule has 0 spiro atoms. The van der Waals surface area contributed by atoms with Gasteiger partial charge in [-0.15, -0.1) is 0 Å². The van der Waals surface area contributed by atoms with Gasteiger partial charge < -0.3 is 4.74 Å². The Bertz CT molecular complexity index is 368. The van der Waals surface area contributed by atoms with Gasteiger partial charge in [-0.1, -0.05) is 19.8 Å². The van der Waals surface area contributed by atoms with Gasteiger partial charge in [-0.3, -0.25) is 4.79 Å². The van der Waals surface area contributed by atoms with Gasteiger partial charge in [-0.25, -0.2) is 0 Å². The second-order valence-electron chi connectivity index (χ2n) is 5.90. The van der Waals surface area contributed by atoms with E-state index in [4.69, 9.17) is 4.74 Å². The minimum atomic E-state index is -5.55. The van der Waals surface area contributed by atoms with E-state index < -0.39 is 35.8 Å². The van der Waals surface area contributed by atoms with Crippen molar-refractivity contribution in [3.8, 4) is 0 Å². The SMILES string of the molecule is CCCC(=O)OC(C1CCCC1)C(C)(C(F)(F)F)C(F)(F)F. The van der Waals surface area contributed by atoms with Gasteiger partial charge in [0.05, 0.1) is 0 Å². The standard InChI is InChI=1S/C14H20F6O2/c1-3-6-10(21)22-11(9-7-4-5-8-9)12(2,13(15,16)17)14(18,19)20/h9,11H,3-8H2,1-2H3. The van der Waals surface area contributed by atoms with Crippen molar-refractivity contribution in [2.45, 2.75) is 70.8 Å². The van der Waals surface area contributed by atoms with E-state index in [1.165, 1.54) is 0 Å². The first-order valence-electron chi connectivity index (χ1n) is 7.28. The molecule has 0 aliphatic heterocycles. The molecular formula is C14H20F6O2. The van der Waals surface area contributed by atoms with Gasteiger partial charge in [0.1, 0.15) is 6.10 Å². The van der Waals surface area contributed by atoms with E-state index in [1.54, 1.807) is 6.92 Å². The first kappa shape index (κ1) is 19.1. The summed E-state index contributed by atoms with van der Waals surface area (Å²) in [6.45, 7) is 1.69. The molecule has 0 aromatic carbocycles. The van der Waals surface area contributed by atoms with Crippen molar-refractivity contribution in [2.75, 3.05) is 0 Å². The number of carbonyl (C=O) groups is 1. The molecule has 0 heterocycles. The number of hydrogen-bond acceptors (Lipinski definition) is 2. The van der Waals surface area contributed by atoms with Crippen molar-refractivity contribution in [1.29, 1.82) is 0 Å². The first-order chi connectivity index (χ1) is 9.95. The average Bonchev–Trinajstić information content (AvgIpc) is 2.86. The number of halogens is 6. The summed E-state index contributed by atoms with van der Waals surface area (Å²) in [5.41, 5.74) is -4.06. The van der Waals surface area contributed by atoms with Crippen LogP contribution in [0.1, 0.15) is 52.4 Å². The summed E-state index contributed by atoms with van der Waals surface area (Å²) in [4.78, 5) is 11.6. The molecule has 1 atom stereocenters. The maximum absolute atomic E-state index is 13.2. The zero-order chi connectivity index (χ0) is 17.2. The predicted octanol–water partition coefficient (Wildman–Crippen LogP) is 5.02. The van der Waals surface area contributed by atoms with Gasteiger partial charge in [-0.05, 0) is 32.1 Å². The van der Waals surface area contributed by atoms with Crippen LogP contribution in [0.25, 0.3) is 0 Å². The summed E-state index contributed by atoms with van der Waals surface area (Å²) < 4.78 is 84.1. The molecule has 2 nitrogen and oxygen atoms in total. The highest BCUT2D eigenvalue weighted by Crippen LogP contribution is 2.56. The highest BCUT2D eigenvalue weighted by atomic mass is 19.4. The molecule has 1 aliphatic carbocycles. The Kier molecular flexibility index (Phi) is 5.78. The fourth-order valence-electron chi connectivity index (χ4n) is 2.83. The fraction of sp³-hybridized carbons (Fsp3) is 0.929. The normalized spacial score (nSPS) is 19.3. The molecule has 1 rings (SSSR count). The van der Waals surface area contributed by atoms with Crippen LogP contribution in [0.4, 0.5) is 26.3 Å². The topological polar surface area (TPSA) is 26.3 Å². The molecule has 8 heteroatoms. The summed E-state index contributed by atoms with van der Waals surface area (Å²) >= 11 is 0. The largest absolute Gasteiger partial charge is 0.461 e. The van der Waals surface area contributed by atoms with E-state index in [0.717, 1.165) is 0 Å². The molecule has 130 valence electrons. The molecule has 0 radical (unpaired) electrons. The van der Waals surface area contributed by atoms with Crippen LogP contribution in [-0.2, 0) is 9.53 Å². The van der Waals surface area contributed by atoms with Crippen molar-refractivity contribution in [3.63, 3.8) is 0 Å². The second-order valence-corrected chi connectivity index (χ2v) is 5.90. The van der Waals surface area contributed by atoms with Gasteiger partial charge in [0.25, 0.3) is 0 Å². The number of hydrogen-bond donors (Lipinski definition) is 0. The second kappa shape index (κ2) is 6.66. The molecule has 1 aliphatic rings. The molecule has 0 N–H and O–H groups in total. The van der Waals surface area contributed by atoms with Crippen molar-refractivity contribution >= 4 is 5.97 Å². The van der Waals surface area contributed by atoms with Crippen molar-refractivity contribution in [1.82, 2.24) is 0 Å². The zero-order valence-corrected chi connectivity index (χ0v) is 12.5. The number of carbonyl (C=O) groups excluding carboxylic acids is 1. The monoisotopic (exact) mass is 334 g/mol. The number of alkyl halides is 6. The lowest BCUT2D eigenvalue weighted by molar-refractivity contribution is -0.364. The number of esters is 1. The van der Waals surface area contributed by atoms with Gasteiger partial charge in [-0.2, -0.15) is 26.3 Å². The van der Waals surface area contributed by atoms with Crippen LogP contribution in [0.3, 0.4) is 0 Å². The molecule has 0 aromatic rings. The minimum absolute atomic E-state index is 0.0925. The number of rotatable bonds is 5. The lowest BCUT2D eigenvalue weighted by Crippen LogP contribution is -2.58. The molecule has 0 bridgehead atoms. The van der Waals surface area contributed by atoms with Crippen LogP contribution < -0.4 is 0 Å². The fourth-order valence-corrected chi connectivity index (χ4v) is 2.83. The Morgan fingerprint density at radius 1 is 1.09 bits per heavy atom. The average molecular weight is 334 g/mol. The van der Waals surface area contributed by atoms with Gasteiger partial charge in [0.2, 0.25) is 0 Å². The molecular weight excluding hydrogens is 314 g/mol. The quantitative estimate of drug-likeness (QED) is 0.521. The van der Waals surface area contributed by atoms with E-state index in [9.17, 15) is 31.1 Å². The van der Waals surface area contributed by atoms with Gasteiger partial charge in [0, 0.05) is 6.42 Å². The minimum Gasteiger partial charge on any atom is -0.461 e. The Hall–Kier alpha value is -0.950.